The van der Waals surface area contributed by atoms with Crippen molar-refractivity contribution in [2.24, 2.45) is 0 Å². The highest BCUT2D eigenvalue weighted by molar-refractivity contribution is 6.30. The Labute approximate surface area is 139 Å². The number of hydrogen-bond donors (Lipinski definition) is 1. The van der Waals surface area contributed by atoms with Crippen LogP contribution in [0.4, 0.5) is 0 Å². The maximum absolute atomic E-state index is 11.6. The Morgan fingerprint density at radius 3 is 2.39 bits per heavy atom. The van der Waals surface area contributed by atoms with Gasteiger partial charge in [-0.1, -0.05) is 54.1 Å². The minimum atomic E-state index is -1.39. The summed E-state index contributed by atoms with van der Waals surface area (Å²) in [7, 11) is 1.60. The monoisotopic (exact) mass is 328 g/mol. The molecule has 0 spiro atoms. The first-order chi connectivity index (χ1) is 11.2. The third kappa shape index (κ3) is 2.88. The molecular weight excluding hydrogens is 312 g/mol. The quantitative estimate of drug-likeness (QED) is 0.780. The van der Waals surface area contributed by atoms with Crippen molar-refractivity contribution in [1.29, 1.82) is 0 Å². The van der Waals surface area contributed by atoms with Crippen molar-refractivity contribution >= 4 is 11.6 Å². The largest absolute Gasteiger partial charge is 0.373 e. The van der Waals surface area contributed by atoms with Gasteiger partial charge in [-0.3, -0.25) is 0 Å². The van der Waals surface area contributed by atoms with Crippen LogP contribution in [0.1, 0.15) is 17.0 Å². The zero-order valence-corrected chi connectivity index (χ0v) is 13.4. The minimum absolute atomic E-state index is 0.304. The van der Waals surface area contributed by atoms with E-state index >= 15 is 0 Å². The molecule has 1 aromatic heterocycles. The van der Waals surface area contributed by atoms with E-state index in [1.165, 1.54) is 0 Å². The summed E-state index contributed by atoms with van der Waals surface area (Å²) in [5.74, 6) is 0.493. The van der Waals surface area contributed by atoms with Gasteiger partial charge in [-0.25, -0.2) is 4.98 Å². The van der Waals surface area contributed by atoms with E-state index in [4.69, 9.17) is 16.3 Å². The topological polar surface area (TPSA) is 47.3 Å². The zero-order chi connectivity index (χ0) is 16.3. The second-order valence-corrected chi connectivity index (χ2v) is 5.66. The average Bonchev–Trinajstić information content (AvgIpc) is 3.05. The fraction of sp³-hybridized carbons (Fsp3) is 0.167. The lowest BCUT2D eigenvalue weighted by Gasteiger charge is -2.29. The van der Waals surface area contributed by atoms with Crippen molar-refractivity contribution in [3.63, 3.8) is 0 Å². The highest BCUT2D eigenvalue weighted by Crippen LogP contribution is 2.36. The summed E-state index contributed by atoms with van der Waals surface area (Å²) in [6.07, 6.45) is 3.43. The summed E-state index contributed by atoms with van der Waals surface area (Å²) < 4.78 is 6.98. The van der Waals surface area contributed by atoms with E-state index in [0.717, 1.165) is 5.56 Å². The molecule has 118 valence electrons. The molecule has 1 atom stereocenters. The van der Waals surface area contributed by atoms with Gasteiger partial charge in [0.1, 0.15) is 6.73 Å². The molecule has 23 heavy (non-hydrogen) atoms. The Kier molecular flexibility index (Phi) is 4.48. The average molecular weight is 329 g/mol. The molecule has 0 fully saturated rings. The molecular formula is C18H17ClN2O2. The van der Waals surface area contributed by atoms with Gasteiger partial charge in [0.05, 0.1) is 0 Å². The predicted molar refractivity (Wildman–Crippen MR) is 89.2 cm³/mol. The van der Waals surface area contributed by atoms with Crippen LogP contribution in [0.2, 0.25) is 5.02 Å². The van der Waals surface area contributed by atoms with Crippen molar-refractivity contribution in [1.82, 2.24) is 9.55 Å². The Morgan fingerprint density at radius 1 is 1.09 bits per heavy atom. The fourth-order valence-corrected chi connectivity index (χ4v) is 2.79. The first-order valence-corrected chi connectivity index (χ1v) is 7.58. The molecule has 0 saturated heterocycles. The lowest BCUT2D eigenvalue weighted by atomic mass is 9.85. The third-order valence-corrected chi connectivity index (χ3v) is 4.01. The van der Waals surface area contributed by atoms with Crippen molar-refractivity contribution < 1.29 is 9.84 Å². The smallest absolute Gasteiger partial charge is 0.173 e. The molecule has 0 aliphatic carbocycles. The van der Waals surface area contributed by atoms with Gasteiger partial charge in [-0.2, -0.15) is 0 Å². The van der Waals surface area contributed by atoms with Gasteiger partial charge in [0, 0.05) is 24.5 Å². The van der Waals surface area contributed by atoms with Crippen molar-refractivity contribution in [3.8, 4) is 0 Å². The second kappa shape index (κ2) is 6.54. The molecule has 4 nitrogen and oxygen atoms in total. The van der Waals surface area contributed by atoms with E-state index in [1.807, 2.05) is 30.3 Å². The maximum atomic E-state index is 11.6. The summed E-state index contributed by atoms with van der Waals surface area (Å²) in [5.41, 5.74) is 0.0240. The number of methoxy groups -OCH3 is 1. The van der Waals surface area contributed by atoms with Gasteiger partial charge in [0.25, 0.3) is 0 Å². The predicted octanol–water partition coefficient (Wildman–Crippen LogP) is 3.42. The first kappa shape index (κ1) is 15.7. The summed E-state index contributed by atoms with van der Waals surface area (Å²) in [4.78, 5) is 4.38. The molecule has 1 heterocycles. The highest BCUT2D eigenvalue weighted by Gasteiger charge is 2.37. The molecule has 1 N–H and O–H groups in total. The Morgan fingerprint density at radius 2 is 1.74 bits per heavy atom. The summed E-state index contributed by atoms with van der Waals surface area (Å²) in [5, 5.41) is 12.2. The zero-order valence-electron chi connectivity index (χ0n) is 12.7. The standard InChI is InChI=1S/C18H17ClN2O2/c1-23-13-21-12-11-20-17(21)18(22,14-5-3-2-4-6-14)15-7-9-16(19)10-8-15/h2-12,22H,13H2,1H3/t18-/m0/s1. The normalized spacial score (nSPS) is 13.7. The molecule has 0 saturated carbocycles. The number of hydrogen-bond acceptors (Lipinski definition) is 3. The van der Waals surface area contributed by atoms with Crippen LogP contribution >= 0.6 is 11.6 Å². The lowest BCUT2D eigenvalue weighted by Crippen LogP contribution is -2.32. The van der Waals surface area contributed by atoms with Crippen LogP contribution in [0.5, 0.6) is 0 Å². The van der Waals surface area contributed by atoms with Gasteiger partial charge in [-0.05, 0) is 23.3 Å². The van der Waals surface area contributed by atoms with Crippen molar-refractivity contribution in [2.75, 3.05) is 7.11 Å². The molecule has 0 aliphatic rings. The molecule has 0 radical (unpaired) electrons. The minimum Gasteiger partial charge on any atom is -0.373 e. The van der Waals surface area contributed by atoms with Crippen LogP contribution in [-0.4, -0.2) is 21.8 Å². The number of aromatic nitrogens is 2. The van der Waals surface area contributed by atoms with Crippen LogP contribution in [0.25, 0.3) is 0 Å². The molecule has 0 bridgehead atoms. The van der Waals surface area contributed by atoms with E-state index in [1.54, 1.807) is 48.3 Å². The first-order valence-electron chi connectivity index (χ1n) is 7.20. The van der Waals surface area contributed by atoms with Gasteiger partial charge in [0.15, 0.2) is 11.4 Å². The second-order valence-electron chi connectivity index (χ2n) is 5.22. The number of aliphatic hydroxyl groups is 1. The number of nitrogens with zero attached hydrogens (tertiary/aromatic N) is 2. The lowest BCUT2D eigenvalue weighted by molar-refractivity contribution is 0.0846. The molecule has 0 unspecified atom stereocenters. The van der Waals surface area contributed by atoms with Gasteiger partial charge in [-0.15, -0.1) is 0 Å². The molecule has 0 amide bonds. The fourth-order valence-electron chi connectivity index (χ4n) is 2.67. The van der Waals surface area contributed by atoms with Gasteiger partial charge >= 0.3 is 0 Å². The molecule has 2 aromatic carbocycles. The van der Waals surface area contributed by atoms with Crippen molar-refractivity contribution in [3.05, 3.63) is 89.0 Å². The summed E-state index contributed by atoms with van der Waals surface area (Å²) in [6, 6.07) is 16.6. The van der Waals surface area contributed by atoms with Gasteiger partial charge in [0.2, 0.25) is 0 Å². The molecule has 0 aliphatic heterocycles. The van der Waals surface area contributed by atoms with Crippen LogP contribution in [0.3, 0.4) is 0 Å². The Hall–Kier alpha value is -2.14. The molecule has 3 aromatic rings. The molecule has 5 heteroatoms. The summed E-state index contributed by atoms with van der Waals surface area (Å²) >= 11 is 5.99. The number of benzene rings is 2. The van der Waals surface area contributed by atoms with E-state index in [0.29, 0.717) is 23.1 Å². The number of rotatable bonds is 5. The third-order valence-electron chi connectivity index (χ3n) is 3.76. The highest BCUT2D eigenvalue weighted by atomic mass is 35.5. The number of imidazole rings is 1. The van der Waals surface area contributed by atoms with E-state index < -0.39 is 5.60 Å². The molecule has 3 rings (SSSR count). The number of halogens is 1. The van der Waals surface area contributed by atoms with Crippen LogP contribution < -0.4 is 0 Å². The number of ether oxygens (including phenoxy) is 1. The Bertz CT molecular complexity index is 771. The SMILES string of the molecule is COCn1ccnc1[C@](O)(c1ccccc1)c1ccc(Cl)cc1. The van der Waals surface area contributed by atoms with Crippen molar-refractivity contribution in [2.45, 2.75) is 12.3 Å². The van der Waals surface area contributed by atoms with E-state index in [9.17, 15) is 5.11 Å². The van der Waals surface area contributed by atoms with Crippen LogP contribution in [0.15, 0.2) is 67.0 Å². The van der Waals surface area contributed by atoms with Gasteiger partial charge < -0.3 is 14.4 Å². The Balaban J connectivity index is 2.21. The van der Waals surface area contributed by atoms with Crippen LogP contribution in [0, 0.1) is 0 Å². The maximum Gasteiger partial charge on any atom is 0.173 e. The summed E-state index contributed by atoms with van der Waals surface area (Å²) in [6.45, 7) is 0.304. The van der Waals surface area contributed by atoms with E-state index in [2.05, 4.69) is 4.98 Å². The van der Waals surface area contributed by atoms with E-state index in [-0.39, 0.29) is 0 Å². The van der Waals surface area contributed by atoms with Crippen LogP contribution in [-0.2, 0) is 17.1 Å².